The highest BCUT2D eigenvalue weighted by molar-refractivity contribution is 4.85. The maximum atomic E-state index is 5.32. The highest BCUT2D eigenvalue weighted by Gasteiger charge is 2.31. The zero-order valence-electron chi connectivity index (χ0n) is 8.25. The first-order valence-electron chi connectivity index (χ1n) is 4.59. The molecule has 1 rings (SSSR count). The Morgan fingerprint density at radius 1 is 1.17 bits per heavy atom. The summed E-state index contributed by atoms with van der Waals surface area (Å²) in [5, 5.41) is 0. The average molecular weight is 173 g/mol. The normalized spacial score (nSPS) is 31.2. The molecule has 0 aromatic heterocycles. The van der Waals surface area contributed by atoms with Crippen molar-refractivity contribution in [2.24, 2.45) is 0 Å². The van der Waals surface area contributed by atoms with Gasteiger partial charge in [0.15, 0.2) is 0 Å². The van der Waals surface area contributed by atoms with Crippen LogP contribution in [0.3, 0.4) is 0 Å². The van der Waals surface area contributed by atoms with E-state index in [0.29, 0.717) is 0 Å². The van der Waals surface area contributed by atoms with Crippen molar-refractivity contribution >= 4 is 0 Å². The maximum Gasteiger partial charge on any atom is 0.0971 e. The van der Waals surface area contributed by atoms with Crippen molar-refractivity contribution in [2.75, 3.05) is 33.9 Å². The molecule has 2 unspecified atom stereocenters. The molecule has 1 aliphatic heterocycles. The molecule has 2 atom stereocenters. The van der Waals surface area contributed by atoms with E-state index in [9.17, 15) is 0 Å². The smallest absolute Gasteiger partial charge is 0.0971 e. The van der Waals surface area contributed by atoms with E-state index in [1.54, 1.807) is 14.2 Å². The molecule has 0 N–H and O–H groups in total. The van der Waals surface area contributed by atoms with Crippen LogP contribution in [-0.2, 0) is 9.47 Å². The number of rotatable bonds is 4. The molecule has 0 amide bonds. The standard InChI is InChI=1S/C9H19NO2/c1-4-5-10-6-8(11-2)9(7-10)12-3/h8-9H,4-7H2,1-3H3. The molecule has 0 radical (unpaired) electrons. The molecular formula is C9H19NO2. The zero-order chi connectivity index (χ0) is 8.97. The third-order valence-corrected chi connectivity index (χ3v) is 2.44. The van der Waals surface area contributed by atoms with E-state index in [1.807, 2.05) is 0 Å². The van der Waals surface area contributed by atoms with Gasteiger partial charge in [-0.2, -0.15) is 0 Å². The lowest BCUT2D eigenvalue weighted by atomic mass is 10.3. The summed E-state index contributed by atoms with van der Waals surface area (Å²) < 4.78 is 10.6. The second-order valence-corrected chi connectivity index (χ2v) is 3.31. The monoisotopic (exact) mass is 173 g/mol. The Morgan fingerprint density at radius 2 is 1.67 bits per heavy atom. The number of hydrogen-bond donors (Lipinski definition) is 0. The number of likely N-dealkylation sites (tertiary alicyclic amines) is 1. The second-order valence-electron chi connectivity index (χ2n) is 3.31. The van der Waals surface area contributed by atoms with E-state index in [4.69, 9.17) is 9.47 Å². The summed E-state index contributed by atoms with van der Waals surface area (Å²) in [6.07, 6.45) is 1.73. The third kappa shape index (κ3) is 2.19. The first-order valence-corrected chi connectivity index (χ1v) is 4.59. The van der Waals surface area contributed by atoms with Crippen LogP contribution in [0.15, 0.2) is 0 Å². The van der Waals surface area contributed by atoms with Crippen molar-refractivity contribution in [1.82, 2.24) is 4.90 Å². The number of nitrogens with zero attached hydrogens (tertiary/aromatic N) is 1. The van der Waals surface area contributed by atoms with Crippen LogP contribution in [0.2, 0.25) is 0 Å². The first-order chi connectivity index (χ1) is 5.81. The van der Waals surface area contributed by atoms with Gasteiger partial charge in [0.25, 0.3) is 0 Å². The predicted octanol–water partition coefficient (Wildman–Crippen LogP) is 0.742. The van der Waals surface area contributed by atoms with Crippen LogP contribution in [0.5, 0.6) is 0 Å². The van der Waals surface area contributed by atoms with Crippen molar-refractivity contribution in [1.29, 1.82) is 0 Å². The van der Waals surface area contributed by atoms with Crippen molar-refractivity contribution in [2.45, 2.75) is 25.6 Å². The van der Waals surface area contributed by atoms with Gasteiger partial charge in [-0.1, -0.05) is 6.92 Å². The highest BCUT2D eigenvalue weighted by Crippen LogP contribution is 2.15. The minimum Gasteiger partial charge on any atom is -0.377 e. The van der Waals surface area contributed by atoms with Crippen molar-refractivity contribution in [3.8, 4) is 0 Å². The molecule has 1 aliphatic rings. The van der Waals surface area contributed by atoms with Gasteiger partial charge in [-0.25, -0.2) is 0 Å². The lowest BCUT2D eigenvalue weighted by molar-refractivity contribution is -0.00461. The van der Waals surface area contributed by atoms with Crippen LogP contribution in [-0.4, -0.2) is 51.0 Å². The quantitative estimate of drug-likeness (QED) is 0.626. The SMILES string of the molecule is CCCN1CC(OC)C(OC)C1. The van der Waals surface area contributed by atoms with Gasteiger partial charge in [-0.15, -0.1) is 0 Å². The van der Waals surface area contributed by atoms with Crippen LogP contribution in [0, 0.1) is 0 Å². The largest absolute Gasteiger partial charge is 0.377 e. The third-order valence-electron chi connectivity index (χ3n) is 2.44. The molecule has 72 valence electrons. The van der Waals surface area contributed by atoms with E-state index in [-0.39, 0.29) is 12.2 Å². The molecule has 3 nitrogen and oxygen atoms in total. The summed E-state index contributed by atoms with van der Waals surface area (Å²) in [5.41, 5.74) is 0. The van der Waals surface area contributed by atoms with Gasteiger partial charge >= 0.3 is 0 Å². The fourth-order valence-corrected chi connectivity index (χ4v) is 1.77. The Hall–Kier alpha value is -0.120. The summed E-state index contributed by atoms with van der Waals surface area (Å²) in [5.74, 6) is 0. The van der Waals surface area contributed by atoms with Crippen LogP contribution in [0.4, 0.5) is 0 Å². The van der Waals surface area contributed by atoms with Crippen LogP contribution in [0.1, 0.15) is 13.3 Å². The lowest BCUT2D eigenvalue weighted by Crippen LogP contribution is -2.27. The summed E-state index contributed by atoms with van der Waals surface area (Å²) in [6, 6.07) is 0. The number of methoxy groups -OCH3 is 2. The van der Waals surface area contributed by atoms with Crippen LogP contribution in [0.25, 0.3) is 0 Å². The van der Waals surface area contributed by atoms with E-state index in [2.05, 4.69) is 11.8 Å². The van der Waals surface area contributed by atoms with Crippen molar-refractivity contribution in [3.05, 3.63) is 0 Å². The summed E-state index contributed by atoms with van der Waals surface area (Å²) in [4.78, 5) is 2.39. The molecule has 0 aromatic carbocycles. The molecule has 0 aromatic rings. The Kier molecular flexibility index (Phi) is 3.98. The van der Waals surface area contributed by atoms with Crippen LogP contribution < -0.4 is 0 Å². The highest BCUT2D eigenvalue weighted by atomic mass is 16.5. The fraction of sp³-hybridized carbons (Fsp3) is 1.00. The fourth-order valence-electron chi connectivity index (χ4n) is 1.77. The van der Waals surface area contributed by atoms with Gasteiger partial charge in [0.2, 0.25) is 0 Å². The van der Waals surface area contributed by atoms with Gasteiger partial charge < -0.3 is 9.47 Å². The maximum absolute atomic E-state index is 5.32. The summed E-state index contributed by atoms with van der Waals surface area (Å²) >= 11 is 0. The second kappa shape index (κ2) is 4.80. The number of ether oxygens (including phenoxy) is 2. The minimum absolute atomic E-state index is 0.265. The van der Waals surface area contributed by atoms with E-state index in [0.717, 1.165) is 19.6 Å². The van der Waals surface area contributed by atoms with Crippen molar-refractivity contribution in [3.63, 3.8) is 0 Å². The van der Waals surface area contributed by atoms with Crippen molar-refractivity contribution < 1.29 is 9.47 Å². The Bertz CT molecular complexity index is 118. The molecule has 1 saturated heterocycles. The number of hydrogen-bond acceptors (Lipinski definition) is 3. The first kappa shape index (κ1) is 9.96. The summed E-state index contributed by atoms with van der Waals surface area (Å²) in [6.45, 7) is 5.38. The molecule has 1 heterocycles. The molecule has 0 spiro atoms. The Labute approximate surface area is 74.6 Å². The molecule has 0 aliphatic carbocycles. The summed E-state index contributed by atoms with van der Waals surface area (Å²) in [7, 11) is 3.51. The zero-order valence-corrected chi connectivity index (χ0v) is 8.25. The van der Waals surface area contributed by atoms with E-state index >= 15 is 0 Å². The average Bonchev–Trinajstić information content (AvgIpc) is 2.48. The molecule has 3 heteroatoms. The van der Waals surface area contributed by atoms with Crippen LogP contribution >= 0.6 is 0 Å². The Balaban J connectivity index is 2.36. The van der Waals surface area contributed by atoms with Gasteiger partial charge in [0, 0.05) is 27.3 Å². The van der Waals surface area contributed by atoms with Gasteiger partial charge in [-0.05, 0) is 13.0 Å². The minimum atomic E-state index is 0.265. The lowest BCUT2D eigenvalue weighted by Gasteiger charge is -2.13. The van der Waals surface area contributed by atoms with Gasteiger partial charge in [0.1, 0.15) is 0 Å². The predicted molar refractivity (Wildman–Crippen MR) is 48.3 cm³/mol. The van der Waals surface area contributed by atoms with Gasteiger partial charge in [0.05, 0.1) is 12.2 Å². The van der Waals surface area contributed by atoms with E-state index in [1.165, 1.54) is 6.42 Å². The van der Waals surface area contributed by atoms with Gasteiger partial charge in [-0.3, -0.25) is 4.90 Å². The topological polar surface area (TPSA) is 21.7 Å². The molecule has 12 heavy (non-hydrogen) atoms. The Morgan fingerprint density at radius 3 is 2.00 bits per heavy atom. The van der Waals surface area contributed by atoms with E-state index < -0.39 is 0 Å². The molecule has 0 saturated carbocycles. The molecular weight excluding hydrogens is 154 g/mol. The molecule has 0 bridgehead atoms. The molecule has 1 fully saturated rings.